The number of amides is 2. The zero-order chi connectivity index (χ0) is 21.8. The monoisotopic (exact) mass is 435 g/mol. The van der Waals surface area contributed by atoms with E-state index in [1.165, 1.54) is 0 Å². The minimum absolute atomic E-state index is 0.158. The van der Waals surface area contributed by atoms with Crippen molar-refractivity contribution in [1.29, 1.82) is 0 Å². The van der Waals surface area contributed by atoms with Gasteiger partial charge in [-0.1, -0.05) is 12.1 Å². The van der Waals surface area contributed by atoms with E-state index in [0.717, 1.165) is 41.5 Å². The third-order valence-corrected chi connectivity index (χ3v) is 6.11. The fourth-order valence-electron chi connectivity index (χ4n) is 3.51. The number of aryl methyl sites for hydroxylation is 2. The Morgan fingerprint density at radius 1 is 1.06 bits per heavy atom. The Bertz CT molecular complexity index is 1070. The van der Waals surface area contributed by atoms with Crippen molar-refractivity contribution < 1.29 is 9.59 Å². The van der Waals surface area contributed by atoms with Gasteiger partial charge in [-0.05, 0) is 49.7 Å². The molecule has 1 fully saturated rings. The zero-order valence-electron chi connectivity index (χ0n) is 17.7. The summed E-state index contributed by atoms with van der Waals surface area (Å²) < 4.78 is 1.75. The molecule has 8 heteroatoms. The predicted octanol–water partition coefficient (Wildman–Crippen LogP) is 3.25. The SMILES string of the molecule is Cc1cc(C)n(-c2ccc(C(=O)Nc3ccc(CC(=O)N4CCSCC4)cc3)cn2)n1. The normalized spacial score (nSPS) is 13.8. The van der Waals surface area contributed by atoms with E-state index in [0.29, 0.717) is 23.5 Å². The summed E-state index contributed by atoms with van der Waals surface area (Å²) in [7, 11) is 0. The molecule has 7 nitrogen and oxygen atoms in total. The molecule has 0 radical (unpaired) electrons. The van der Waals surface area contributed by atoms with Gasteiger partial charge >= 0.3 is 0 Å². The maximum absolute atomic E-state index is 12.6. The van der Waals surface area contributed by atoms with E-state index in [1.54, 1.807) is 23.0 Å². The fraction of sp³-hybridized carbons (Fsp3) is 0.304. The van der Waals surface area contributed by atoms with Gasteiger partial charge in [0.1, 0.15) is 0 Å². The molecule has 0 atom stereocenters. The van der Waals surface area contributed by atoms with Crippen LogP contribution in [0.1, 0.15) is 27.3 Å². The van der Waals surface area contributed by atoms with Gasteiger partial charge < -0.3 is 10.2 Å². The summed E-state index contributed by atoms with van der Waals surface area (Å²) in [5, 5.41) is 7.28. The molecule has 1 aromatic carbocycles. The first-order chi connectivity index (χ1) is 15.0. The largest absolute Gasteiger partial charge is 0.341 e. The lowest BCUT2D eigenvalue weighted by atomic mass is 10.1. The first-order valence-corrected chi connectivity index (χ1v) is 11.4. The van der Waals surface area contributed by atoms with Gasteiger partial charge in [-0.15, -0.1) is 0 Å². The highest BCUT2D eigenvalue weighted by atomic mass is 32.2. The highest BCUT2D eigenvalue weighted by Gasteiger charge is 2.17. The molecule has 1 aliphatic rings. The standard InChI is InChI=1S/C23H25N5O2S/c1-16-13-17(2)28(26-16)21-8-5-19(15-24-21)23(30)25-20-6-3-18(4-7-20)14-22(29)27-9-11-31-12-10-27/h3-8,13,15H,9-12,14H2,1-2H3,(H,25,30). The van der Waals surface area contributed by atoms with E-state index in [2.05, 4.69) is 15.4 Å². The topological polar surface area (TPSA) is 80.1 Å². The zero-order valence-corrected chi connectivity index (χ0v) is 18.5. The Hall–Kier alpha value is -3.13. The van der Waals surface area contributed by atoms with Crippen molar-refractivity contribution in [3.63, 3.8) is 0 Å². The predicted molar refractivity (Wildman–Crippen MR) is 123 cm³/mol. The number of carbonyl (C=O) groups is 2. The Morgan fingerprint density at radius 2 is 1.81 bits per heavy atom. The molecule has 2 aromatic heterocycles. The highest BCUT2D eigenvalue weighted by molar-refractivity contribution is 7.99. The summed E-state index contributed by atoms with van der Waals surface area (Å²) in [6.45, 7) is 5.54. The van der Waals surface area contributed by atoms with Crippen molar-refractivity contribution in [2.24, 2.45) is 0 Å². The van der Waals surface area contributed by atoms with Crippen molar-refractivity contribution >= 4 is 29.3 Å². The molecule has 1 saturated heterocycles. The molecule has 2 amide bonds. The van der Waals surface area contributed by atoms with E-state index in [1.807, 2.05) is 60.8 Å². The molecule has 0 bridgehead atoms. The number of pyridine rings is 1. The van der Waals surface area contributed by atoms with E-state index in [-0.39, 0.29) is 11.8 Å². The van der Waals surface area contributed by atoms with E-state index in [4.69, 9.17) is 0 Å². The molecule has 31 heavy (non-hydrogen) atoms. The van der Waals surface area contributed by atoms with Crippen LogP contribution in [0, 0.1) is 13.8 Å². The number of aromatic nitrogens is 3. The third-order valence-electron chi connectivity index (χ3n) is 5.17. The smallest absolute Gasteiger partial charge is 0.257 e. The summed E-state index contributed by atoms with van der Waals surface area (Å²) in [5.41, 5.74) is 3.99. The van der Waals surface area contributed by atoms with Crippen LogP contribution in [0.2, 0.25) is 0 Å². The number of anilines is 1. The summed E-state index contributed by atoms with van der Waals surface area (Å²) in [4.78, 5) is 31.3. The number of carbonyl (C=O) groups excluding carboxylic acids is 2. The van der Waals surface area contributed by atoms with Crippen molar-refractivity contribution in [3.8, 4) is 5.82 Å². The van der Waals surface area contributed by atoms with Crippen molar-refractivity contribution in [3.05, 3.63) is 71.2 Å². The number of thioether (sulfide) groups is 1. The molecule has 1 aliphatic heterocycles. The van der Waals surface area contributed by atoms with Gasteiger partial charge in [0.2, 0.25) is 5.91 Å². The average Bonchev–Trinajstić information content (AvgIpc) is 3.13. The molecular formula is C23H25N5O2S. The first-order valence-electron chi connectivity index (χ1n) is 10.2. The Kier molecular flexibility index (Phi) is 6.36. The average molecular weight is 436 g/mol. The summed E-state index contributed by atoms with van der Waals surface area (Å²) in [6, 6.07) is 12.9. The lowest BCUT2D eigenvalue weighted by Gasteiger charge is -2.26. The fourth-order valence-corrected chi connectivity index (χ4v) is 4.42. The Morgan fingerprint density at radius 3 is 2.42 bits per heavy atom. The summed E-state index contributed by atoms with van der Waals surface area (Å²) >= 11 is 1.89. The number of hydrogen-bond donors (Lipinski definition) is 1. The van der Waals surface area contributed by atoms with Crippen LogP contribution in [0.15, 0.2) is 48.7 Å². The number of rotatable bonds is 5. The molecule has 0 saturated carbocycles. The van der Waals surface area contributed by atoms with Gasteiger partial charge in [-0.2, -0.15) is 16.9 Å². The maximum Gasteiger partial charge on any atom is 0.257 e. The molecule has 0 unspecified atom stereocenters. The minimum Gasteiger partial charge on any atom is -0.341 e. The van der Waals surface area contributed by atoms with E-state index >= 15 is 0 Å². The molecule has 0 aliphatic carbocycles. The molecular weight excluding hydrogens is 410 g/mol. The lowest BCUT2D eigenvalue weighted by molar-refractivity contribution is -0.130. The second-order valence-corrected chi connectivity index (χ2v) is 8.79. The minimum atomic E-state index is -0.234. The Balaban J connectivity index is 1.36. The van der Waals surface area contributed by atoms with Crippen LogP contribution in [-0.4, -0.2) is 56.1 Å². The Labute approximate surface area is 185 Å². The van der Waals surface area contributed by atoms with Gasteiger partial charge in [0.25, 0.3) is 5.91 Å². The molecule has 3 heterocycles. The van der Waals surface area contributed by atoms with E-state index in [9.17, 15) is 9.59 Å². The summed E-state index contributed by atoms with van der Waals surface area (Å²) in [5.74, 6) is 2.61. The van der Waals surface area contributed by atoms with Crippen molar-refractivity contribution in [2.75, 3.05) is 29.9 Å². The number of benzene rings is 1. The van der Waals surface area contributed by atoms with Crippen LogP contribution < -0.4 is 5.32 Å². The highest BCUT2D eigenvalue weighted by Crippen LogP contribution is 2.15. The van der Waals surface area contributed by atoms with Gasteiger partial charge in [-0.3, -0.25) is 9.59 Å². The molecule has 1 N–H and O–H groups in total. The van der Waals surface area contributed by atoms with E-state index < -0.39 is 0 Å². The van der Waals surface area contributed by atoms with Crippen molar-refractivity contribution in [1.82, 2.24) is 19.7 Å². The first kappa shape index (κ1) is 21.1. The number of nitrogens with one attached hydrogen (secondary N) is 1. The third kappa shape index (κ3) is 5.14. The van der Waals surface area contributed by atoms with Crippen LogP contribution in [0.3, 0.4) is 0 Å². The van der Waals surface area contributed by atoms with Crippen LogP contribution >= 0.6 is 11.8 Å². The van der Waals surface area contributed by atoms with Crippen LogP contribution in [-0.2, 0) is 11.2 Å². The van der Waals surface area contributed by atoms with Crippen LogP contribution in [0.25, 0.3) is 5.82 Å². The second-order valence-electron chi connectivity index (χ2n) is 7.56. The molecule has 160 valence electrons. The van der Waals surface area contributed by atoms with Crippen molar-refractivity contribution in [2.45, 2.75) is 20.3 Å². The molecule has 0 spiro atoms. The number of nitrogens with zero attached hydrogens (tertiary/aromatic N) is 4. The van der Waals surface area contributed by atoms with Gasteiger partial charge in [0, 0.05) is 42.2 Å². The second kappa shape index (κ2) is 9.34. The van der Waals surface area contributed by atoms with Crippen LogP contribution in [0.4, 0.5) is 5.69 Å². The van der Waals surface area contributed by atoms with Gasteiger partial charge in [0.05, 0.1) is 17.7 Å². The van der Waals surface area contributed by atoms with Gasteiger partial charge in [-0.25, -0.2) is 9.67 Å². The molecule has 4 rings (SSSR count). The quantitative estimate of drug-likeness (QED) is 0.665. The molecule has 3 aromatic rings. The maximum atomic E-state index is 12.6. The number of hydrogen-bond acceptors (Lipinski definition) is 5. The summed E-state index contributed by atoms with van der Waals surface area (Å²) in [6.07, 6.45) is 1.93. The lowest BCUT2D eigenvalue weighted by Crippen LogP contribution is -2.38. The van der Waals surface area contributed by atoms with Gasteiger partial charge in [0.15, 0.2) is 5.82 Å². The van der Waals surface area contributed by atoms with Crippen LogP contribution in [0.5, 0.6) is 0 Å².